The third kappa shape index (κ3) is 5.44. The molecule has 0 spiro atoms. The second-order valence-corrected chi connectivity index (χ2v) is 7.79. The molecule has 4 N–H and O–H groups in total. The van der Waals surface area contributed by atoms with Crippen LogP contribution in [0.15, 0.2) is 54.6 Å². The zero-order valence-electron chi connectivity index (χ0n) is 17.3. The first-order chi connectivity index (χ1) is 14.3. The largest absolute Gasteiger partial charge is 0.392 e. The van der Waals surface area contributed by atoms with Gasteiger partial charge in [-0.3, -0.25) is 14.5 Å². The molecular formula is C23H29N3O4. The summed E-state index contributed by atoms with van der Waals surface area (Å²) in [7, 11) is 0. The van der Waals surface area contributed by atoms with Crippen molar-refractivity contribution in [3.8, 4) is 11.1 Å². The van der Waals surface area contributed by atoms with Gasteiger partial charge in [-0.05, 0) is 30.0 Å². The zero-order chi connectivity index (χ0) is 21.7. The standard InChI is InChI=1S/C23H29N3O4/c1-15(25-16(2)27)23(30)26-14-20(28)12-21(26)22(29)24-13-17-8-10-19(11-9-17)18-6-4-3-5-7-18/h3-11,15,20-21,23,28,30H,12-14H2,1-2H3,(H,24,29)(H,25,27). The van der Waals surface area contributed by atoms with E-state index in [4.69, 9.17) is 0 Å². The van der Waals surface area contributed by atoms with E-state index < -0.39 is 24.4 Å². The van der Waals surface area contributed by atoms with E-state index in [2.05, 4.69) is 10.6 Å². The topological polar surface area (TPSA) is 102 Å². The van der Waals surface area contributed by atoms with Gasteiger partial charge in [-0.25, -0.2) is 0 Å². The molecule has 160 valence electrons. The van der Waals surface area contributed by atoms with Crippen LogP contribution >= 0.6 is 0 Å². The number of aliphatic hydroxyl groups is 2. The number of β-amino-alcohol motifs (C(OH)–C–C–N with tert-alkyl or cyclic N) is 1. The van der Waals surface area contributed by atoms with E-state index in [9.17, 15) is 19.8 Å². The van der Waals surface area contributed by atoms with Crippen LogP contribution in [0.5, 0.6) is 0 Å². The number of likely N-dealkylation sites (tertiary alicyclic amines) is 1. The molecule has 2 aromatic carbocycles. The quantitative estimate of drug-likeness (QED) is 0.549. The van der Waals surface area contributed by atoms with Gasteiger partial charge in [0, 0.05) is 20.0 Å². The number of amides is 2. The Morgan fingerprint density at radius 3 is 2.37 bits per heavy atom. The van der Waals surface area contributed by atoms with Crippen LogP contribution in [0.1, 0.15) is 25.8 Å². The molecule has 1 heterocycles. The molecule has 0 aliphatic carbocycles. The van der Waals surface area contributed by atoms with Crippen LogP contribution in [0.2, 0.25) is 0 Å². The number of aliphatic hydroxyl groups excluding tert-OH is 2. The maximum Gasteiger partial charge on any atom is 0.237 e. The summed E-state index contributed by atoms with van der Waals surface area (Å²) in [6.07, 6.45) is -1.53. The second-order valence-electron chi connectivity index (χ2n) is 7.79. The first-order valence-corrected chi connectivity index (χ1v) is 10.2. The highest BCUT2D eigenvalue weighted by Gasteiger charge is 2.40. The van der Waals surface area contributed by atoms with E-state index in [0.29, 0.717) is 6.54 Å². The Kier molecular flexibility index (Phi) is 7.20. The van der Waals surface area contributed by atoms with Crippen LogP contribution in [0.4, 0.5) is 0 Å². The summed E-state index contributed by atoms with van der Waals surface area (Å²) in [5.74, 6) is -0.519. The van der Waals surface area contributed by atoms with E-state index in [1.165, 1.54) is 6.92 Å². The molecule has 0 bridgehead atoms. The van der Waals surface area contributed by atoms with Gasteiger partial charge in [0.15, 0.2) is 0 Å². The van der Waals surface area contributed by atoms with Crippen molar-refractivity contribution in [3.05, 3.63) is 60.2 Å². The van der Waals surface area contributed by atoms with Crippen LogP contribution in [-0.4, -0.2) is 57.9 Å². The number of hydrogen-bond acceptors (Lipinski definition) is 5. The fourth-order valence-electron chi connectivity index (χ4n) is 3.82. The lowest BCUT2D eigenvalue weighted by Gasteiger charge is -2.32. The Morgan fingerprint density at radius 2 is 1.73 bits per heavy atom. The number of nitrogens with zero attached hydrogens (tertiary/aromatic N) is 1. The summed E-state index contributed by atoms with van der Waals surface area (Å²) < 4.78 is 0. The molecule has 7 nitrogen and oxygen atoms in total. The lowest BCUT2D eigenvalue weighted by Crippen LogP contribution is -2.55. The summed E-state index contributed by atoms with van der Waals surface area (Å²) in [5.41, 5.74) is 3.19. The molecule has 1 fully saturated rings. The number of carbonyl (C=O) groups is 2. The smallest absolute Gasteiger partial charge is 0.237 e. The van der Waals surface area contributed by atoms with Gasteiger partial charge in [-0.2, -0.15) is 0 Å². The predicted molar refractivity (Wildman–Crippen MR) is 114 cm³/mol. The first kappa shape index (κ1) is 22.0. The van der Waals surface area contributed by atoms with Gasteiger partial charge in [-0.15, -0.1) is 0 Å². The van der Waals surface area contributed by atoms with Crippen molar-refractivity contribution in [2.45, 2.75) is 51.2 Å². The summed E-state index contributed by atoms with van der Waals surface area (Å²) in [6.45, 7) is 3.57. The summed E-state index contributed by atoms with van der Waals surface area (Å²) in [5, 5.41) is 26.1. The Hall–Kier alpha value is -2.74. The molecule has 4 atom stereocenters. The summed E-state index contributed by atoms with van der Waals surface area (Å²) >= 11 is 0. The molecule has 7 heteroatoms. The van der Waals surface area contributed by atoms with E-state index in [1.807, 2.05) is 54.6 Å². The van der Waals surface area contributed by atoms with Crippen molar-refractivity contribution < 1.29 is 19.8 Å². The molecule has 0 saturated carbocycles. The highest BCUT2D eigenvalue weighted by Crippen LogP contribution is 2.22. The zero-order valence-corrected chi connectivity index (χ0v) is 17.3. The third-order valence-corrected chi connectivity index (χ3v) is 5.37. The maximum absolute atomic E-state index is 12.7. The average molecular weight is 412 g/mol. The third-order valence-electron chi connectivity index (χ3n) is 5.37. The van der Waals surface area contributed by atoms with Crippen molar-refractivity contribution >= 4 is 11.8 Å². The Labute approximate surface area is 176 Å². The lowest BCUT2D eigenvalue weighted by atomic mass is 10.0. The molecule has 4 unspecified atom stereocenters. The van der Waals surface area contributed by atoms with Gasteiger partial charge >= 0.3 is 0 Å². The molecule has 1 aliphatic rings. The van der Waals surface area contributed by atoms with Crippen molar-refractivity contribution in [2.24, 2.45) is 0 Å². The summed E-state index contributed by atoms with van der Waals surface area (Å²) in [4.78, 5) is 25.5. The highest BCUT2D eigenvalue weighted by atomic mass is 16.3. The first-order valence-electron chi connectivity index (χ1n) is 10.2. The second kappa shape index (κ2) is 9.84. The molecule has 0 radical (unpaired) electrons. The van der Waals surface area contributed by atoms with Crippen LogP contribution in [0, 0.1) is 0 Å². The number of nitrogens with one attached hydrogen (secondary N) is 2. The van der Waals surface area contributed by atoms with E-state index in [0.717, 1.165) is 16.7 Å². The minimum absolute atomic E-state index is 0.176. The van der Waals surface area contributed by atoms with E-state index in [1.54, 1.807) is 11.8 Å². The van der Waals surface area contributed by atoms with Crippen LogP contribution in [-0.2, 0) is 16.1 Å². The minimum Gasteiger partial charge on any atom is -0.392 e. The fourth-order valence-corrected chi connectivity index (χ4v) is 3.82. The number of rotatable bonds is 7. The Morgan fingerprint density at radius 1 is 1.10 bits per heavy atom. The van der Waals surface area contributed by atoms with Crippen LogP contribution < -0.4 is 10.6 Å². The van der Waals surface area contributed by atoms with Crippen LogP contribution in [0.25, 0.3) is 11.1 Å². The number of benzene rings is 2. The maximum atomic E-state index is 12.7. The lowest BCUT2D eigenvalue weighted by molar-refractivity contribution is -0.131. The summed E-state index contributed by atoms with van der Waals surface area (Å²) in [6, 6.07) is 16.8. The molecule has 2 aromatic rings. The Bertz CT molecular complexity index is 857. The normalized spacial score (nSPS) is 21.1. The van der Waals surface area contributed by atoms with Crippen molar-refractivity contribution in [1.29, 1.82) is 0 Å². The molecule has 0 aromatic heterocycles. The molecular weight excluding hydrogens is 382 g/mol. The fraction of sp³-hybridized carbons (Fsp3) is 0.391. The van der Waals surface area contributed by atoms with Gasteiger partial charge in [-0.1, -0.05) is 54.6 Å². The van der Waals surface area contributed by atoms with Gasteiger partial charge in [0.25, 0.3) is 0 Å². The van der Waals surface area contributed by atoms with Crippen molar-refractivity contribution in [2.75, 3.05) is 6.54 Å². The average Bonchev–Trinajstić information content (AvgIpc) is 3.13. The Balaban J connectivity index is 1.59. The molecule has 2 amide bonds. The van der Waals surface area contributed by atoms with E-state index >= 15 is 0 Å². The monoisotopic (exact) mass is 411 g/mol. The molecule has 3 rings (SSSR count). The van der Waals surface area contributed by atoms with Gasteiger partial charge < -0.3 is 20.8 Å². The SMILES string of the molecule is CC(=O)NC(C)C(O)N1CC(O)CC1C(=O)NCc1ccc(-c2ccccc2)cc1. The highest BCUT2D eigenvalue weighted by molar-refractivity contribution is 5.82. The van der Waals surface area contributed by atoms with Crippen molar-refractivity contribution in [1.82, 2.24) is 15.5 Å². The molecule has 30 heavy (non-hydrogen) atoms. The van der Waals surface area contributed by atoms with Crippen LogP contribution in [0.3, 0.4) is 0 Å². The minimum atomic E-state index is -1.06. The molecule has 1 saturated heterocycles. The number of carbonyl (C=O) groups excluding carboxylic acids is 2. The molecule has 1 aliphatic heterocycles. The predicted octanol–water partition coefficient (Wildman–Crippen LogP) is 1.25. The van der Waals surface area contributed by atoms with Crippen molar-refractivity contribution in [3.63, 3.8) is 0 Å². The van der Waals surface area contributed by atoms with Gasteiger partial charge in [0.1, 0.15) is 6.23 Å². The number of hydrogen-bond donors (Lipinski definition) is 4. The van der Waals surface area contributed by atoms with Gasteiger partial charge in [0.2, 0.25) is 11.8 Å². The van der Waals surface area contributed by atoms with Gasteiger partial charge in [0.05, 0.1) is 18.2 Å². The van der Waals surface area contributed by atoms with E-state index in [-0.39, 0.29) is 24.8 Å².